The van der Waals surface area contributed by atoms with Gasteiger partial charge in [0, 0.05) is 11.3 Å². The molecule has 0 aliphatic rings. The Hall–Kier alpha value is -0.460. The van der Waals surface area contributed by atoms with Gasteiger partial charge in [-0.25, -0.2) is 0 Å². The van der Waals surface area contributed by atoms with Crippen molar-refractivity contribution in [1.82, 2.24) is 0 Å². The third kappa shape index (κ3) is 46.5. The fraction of sp³-hybridized carbons (Fsp3) is 0.529. The minimum Gasteiger partial charge on any atom is -0.122 e. The van der Waals surface area contributed by atoms with Crippen molar-refractivity contribution in [3.63, 3.8) is 0 Å². The topological polar surface area (TPSA) is 0 Å². The molecule has 0 spiro atoms. The molecule has 0 rings (SSSR count). The van der Waals surface area contributed by atoms with Crippen LogP contribution in [0.5, 0.6) is 0 Å². The lowest BCUT2D eigenvalue weighted by molar-refractivity contribution is 1.16. The first-order valence-electron chi connectivity index (χ1n) is 6.89. The maximum atomic E-state index is 5.57. The molecule has 0 saturated carbocycles. The lowest BCUT2D eigenvalue weighted by Gasteiger charge is -1.86. The molecule has 0 heterocycles. The minimum absolute atomic E-state index is 0.194. The highest BCUT2D eigenvalue weighted by Crippen LogP contribution is 1.94. The summed E-state index contributed by atoms with van der Waals surface area (Å²) in [5, 5.41) is 0.194. The highest BCUT2D eigenvalue weighted by molar-refractivity contribution is 6.21. The number of allylic oxidation sites excluding steroid dienone is 7. The molecule has 0 aromatic heterocycles. The molecular weight excluding hydrogens is 275 g/mol. The summed E-state index contributed by atoms with van der Waals surface area (Å²) in [6.07, 6.45) is 17.1. The molecule has 0 saturated heterocycles. The van der Waals surface area contributed by atoms with Gasteiger partial charge in [-0.2, -0.15) is 0 Å². The Morgan fingerprint density at radius 1 is 0.947 bits per heavy atom. The summed E-state index contributed by atoms with van der Waals surface area (Å²) < 4.78 is 0. The highest BCUT2D eigenvalue weighted by atomic mass is 35.5. The lowest BCUT2D eigenvalue weighted by atomic mass is 10.3. The van der Waals surface area contributed by atoms with Crippen molar-refractivity contribution in [2.75, 3.05) is 5.88 Å². The summed E-state index contributed by atoms with van der Waals surface area (Å²) in [6.45, 7) is 11.7. The third-order valence-electron chi connectivity index (χ3n) is 1.64. The Morgan fingerprint density at radius 2 is 1.47 bits per heavy atom. The first-order chi connectivity index (χ1) is 9.10. The van der Waals surface area contributed by atoms with Crippen molar-refractivity contribution < 1.29 is 0 Å². The zero-order chi connectivity index (χ0) is 15.4. The van der Waals surface area contributed by atoms with Crippen LogP contribution in [0.2, 0.25) is 0 Å². The van der Waals surface area contributed by atoms with Crippen LogP contribution in [-0.2, 0) is 0 Å². The summed E-state index contributed by atoms with van der Waals surface area (Å²) in [5.74, 6) is 0.647. The Morgan fingerprint density at radius 3 is 1.63 bits per heavy atom. The largest absolute Gasteiger partial charge is 0.122 e. The molecular formula is C17H30Cl2. The average Bonchev–Trinajstić information content (AvgIpc) is 2.41. The Balaban J connectivity index is -0.000000203. The van der Waals surface area contributed by atoms with Gasteiger partial charge >= 0.3 is 0 Å². The van der Waals surface area contributed by atoms with Gasteiger partial charge in [0.2, 0.25) is 0 Å². The van der Waals surface area contributed by atoms with Gasteiger partial charge in [0.05, 0.1) is 0 Å². The van der Waals surface area contributed by atoms with E-state index in [9.17, 15) is 0 Å². The van der Waals surface area contributed by atoms with Gasteiger partial charge in [0.25, 0.3) is 0 Å². The highest BCUT2D eigenvalue weighted by Gasteiger charge is 1.81. The van der Waals surface area contributed by atoms with Crippen LogP contribution in [0.15, 0.2) is 49.1 Å². The molecule has 0 aliphatic carbocycles. The molecule has 2 heteroatoms. The lowest BCUT2D eigenvalue weighted by Crippen LogP contribution is -1.78. The monoisotopic (exact) mass is 304 g/mol. The van der Waals surface area contributed by atoms with Crippen LogP contribution in [0.4, 0.5) is 0 Å². The van der Waals surface area contributed by atoms with Crippen LogP contribution in [0.3, 0.4) is 0 Å². The van der Waals surface area contributed by atoms with E-state index >= 15 is 0 Å². The van der Waals surface area contributed by atoms with Crippen LogP contribution in [0.25, 0.3) is 0 Å². The van der Waals surface area contributed by atoms with Crippen LogP contribution in [0.1, 0.15) is 47.0 Å². The second kappa shape index (κ2) is 26.2. The van der Waals surface area contributed by atoms with Crippen LogP contribution >= 0.6 is 23.2 Å². The van der Waals surface area contributed by atoms with Crippen molar-refractivity contribution in [1.29, 1.82) is 0 Å². The van der Waals surface area contributed by atoms with E-state index in [0.717, 1.165) is 19.3 Å². The third-order valence-corrected chi connectivity index (χ3v) is 1.96. The fourth-order valence-corrected chi connectivity index (χ4v) is 1.01. The van der Waals surface area contributed by atoms with E-state index < -0.39 is 0 Å². The van der Waals surface area contributed by atoms with Gasteiger partial charge in [0.15, 0.2) is 0 Å². The fourth-order valence-electron chi connectivity index (χ4n) is 0.786. The van der Waals surface area contributed by atoms with E-state index in [0.29, 0.717) is 5.88 Å². The summed E-state index contributed by atoms with van der Waals surface area (Å²) in [4.78, 5) is 0. The second-order valence-electron chi connectivity index (χ2n) is 3.62. The van der Waals surface area contributed by atoms with Gasteiger partial charge < -0.3 is 0 Å². The summed E-state index contributed by atoms with van der Waals surface area (Å²) in [5.41, 5.74) is 0. The Labute approximate surface area is 130 Å². The molecule has 0 fully saturated rings. The van der Waals surface area contributed by atoms with Gasteiger partial charge in [-0.1, -0.05) is 69.9 Å². The van der Waals surface area contributed by atoms with Crippen molar-refractivity contribution in [3.05, 3.63) is 49.1 Å². The van der Waals surface area contributed by atoms with E-state index in [4.69, 9.17) is 23.2 Å². The van der Waals surface area contributed by atoms with Gasteiger partial charge in [0.1, 0.15) is 0 Å². The standard InChI is InChI=1S/C6H11Cl.C6H10.C5H9Cl/c1-3-4-5-6(2)7;1-3-5-6-4-2;1-2-3-4-5-6/h4-6H,3H2,1-2H3;3,5-6H,1,4H2,2H3;3-4H,2,5H2,1H3/b5-4-;;4-3+. The van der Waals surface area contributed by atoms with Crippen LogP contribution in [-0.4, -0.2) is 11.3 Å². The van der Waals surface area contributed by atoms with Crippen molar-refractivity contribution in [2.45, 2.75) is 52.3 Å². The van der Waals surface area contributed by atoms with Crippen molar-refractivity contribution >= 4 is 23.2 Å². The molecule has 0 nitrogen and oxygen atoms in total. The smallest absolute Gasteiger partial charge is 0.0487 e. The minimum atomic E-state index is 0.194. The van der Waals surface area contributed by atoms with Crippen LogP contribution in [0, 0.1) is 0 Å². The number of halogens is 2. The molecule has 0 bridgehead atoms. The normalized spacial score (nSPS) is 11.9. The molecule has 1 unspecified atom stereocenters. The molecule has 0 radical (unpaired) electrons. The number of rotatable bonds is 6. The molecule has 0 aliphatic heterocycles. The van der Waals surface area contributed by atoms with Crippen molar-refractivity contribution in [2.24, 2.45) is 0 Å². The summed E-state index contributed by atoms with van der Waals surface area (Å²) in [6, 6.07) is 0. The summed E-state index contributed by atoms with van der Waals surface area (Å²) >= 11 is 10.9. The molecule has 112 valence electrons. The molecule has 0 aromatic carbocycles. The van der Waals surface area contributed by atoms with Gasteiger partial charge in [-0.3, -0.25) is 0 Å². The van der Waals surface area contributed by atoms with Gasteiger partial charge in [-0.15, -0.1) is 23.2 Å². The maximum Gasteiger partial charge on any atom is 0.0487 e. The van der Waals surface area contributed by atoms with Gasteiger partial charge in [-0.05, 0) is 26.2 Å². The zero-order valence-electron chi connectivity index (χ0n) is 12.9. The van der Waals surface area contributed by atoms with Crippen LogP contribution < -0.4 is 0 Å². The molecule has 1 atom stereocenters. The van der Waals surface area contributed by atoms with E-state index in [2.05, 4.69) is 39.5 Å². The second-order valence-corrected chi connectivity index (χ2v) is 4.62. The Bertz CT molecular complexity index is 219. The molecule has 0 aromatic rings. The van der Waals surface area contributed by atoms with E-state index in [-0.39, 0.29) is 5.38 Å². The predicted octanol–water partition coefficient (Wildman–Crippen LogP) is 6.91. The Kier molecular flexibility index (Phi) is 32.5. The first kappa shape index (κ1) is 23.6. The molecule has 0 N–H and O–H groups in total. The SMILES string of the molecule is C=CC=CCC.CC/C=C/CCl.CC/C=C\C(C)Cl. The quantitative estimate of drug-likeness (QED) is 0.284. The number of hydrogen-bond donors (Lipinski definition) is 0. The zero-order valence-corrected chi connectivity index (χ0v) is 14.4. The molecule has 0 amide bonds. The molecule has 19 heavy (non-hydrogen) atoms. The van der Waals surface area contributed by atoms with Crippen molar-refractivity contribution in [3.8, 4) is 0 Å². The first-order valence-corrected chi connectivity index (χ1v) is 7.86. The number of hydrogen-bond acceptors (Lipinski definition) is 0. The maximum absolute atomic E-state index is 5.57. The van der Waals surface area contributed by atoms with E-state index in [1.165, 1.54) is 0 Å². The number of alkyl halides is 2. The average molecular weight is 305 g/mol. The predicted molar refractivity (Wildman–Crippen MR) is 94.5 cm³/mol. The van der Waals surface area contributed by atoms with E-state index in [1.54, 1.807) is 6.08 Å². The van der Waals surface area contributed by atoms with E-state index in [1.807, 2.05) is 31.2 Å². The summed E-state index contributed by atoms with van der Waals surface area (Å²) in [7, 11) is 0.